The van der Waals surface area contributed by atoms with Crippen LogP contribution < -0.4 is 0 Å². The molecule has 1 N–H and O–H groups in total. The van der Waals surface area contributed by atoms with Gasteiger partial charge in [-0.3, -0.25) is 4.79 Å². The molecule has 2 aromatic rings. The van der Waals surface area contributed by atoms with Crippen molar-refractivity contribution >= 4 is 23.2 Å². The Morgan fingerprint density at radius 2 is 2.17 bits per heavy atom. The quantitative estimate of drug-likeness (QED) is 0.930. The van der Waals surface area contributed by atoms with E-state index >= 15 is 0 Å². The zero-order valence-electron chi connectivity index (χ0n) is 12.6. The lowest BCUT2D eigenvalue weighted by Crippen LogP contribution is -2.52. The van der Waals surface area contributed by atoms with Crippen LogP contribution in [0.3, 0.4) is 0 Å². The van der Waals surface area contributed by atoms with Gasteiger partial charge in [-0.2, -0.15) is 0 Å². The van der Waals surface area contributed by atoms with Gasteiger partial charge in [0, 0.05) is 17.5 Å². The number of carboxylic acids is 1. The van der Waals surface area contributed by atoms with E-state index in [4.69, 9.17) is 4.74 Å². The first-order valence-electron chi connectivity index (χ1n) is 7.21. The number of nitrogens with zero attached hydrogens (tertiary/aromatic N) is 2. The molecule has 1 aromatic heterocycles. The molecule has 1 saturated heterocycles. The number of benzene rings is 1. The maximum absolute atomic E-state index is 12.6. The summed E-state index contributed by atoms with van der Waals surface area (Å²) in [5.74, 6) is -1.43. The number of aromatic nitrogens is 1. The molecular formula is C16H16N2O4S. The van der Waals surface area contributed by atoms with Crippen molar-refractivity contribution in [3.05, 3.63) is 40.9 Å². The largest absolute Gasteiger partial charge is 0.480 e. The Kier molecular flexibility index (Phi) is 4.40. The van der Waals surface area contributed by atoms with Crippen LogP contribution in [0.2, 0.25) is 0 Å². The van der Waals surface area contributed by atoms with Crippen molar-refractivity contribution in [2.75, 3.05) is 19.8 Å². The van der Waals surface area contributed by atoms with Crippen LogP contribution >= 0.6 is 11.3 Å². The molecule has 1 amide bonds. The fourth-order valence-electron chi connectivity index (χ4n) is 2.51. The summed E-state index contributed by atoms with van der Waals surface area (Å²) >= 11 is 1.38. The van der Waals surface area contributed by atoms with Crippen molar-refractivity contribution in [3.63, 3.8) is 0 Å². The lowest BCUT2D eigenvalue weighted by atomic mass is 10.1. The molecule has 0 radical (unpaired) electrons. The van der Waals surface area contributed by atoms with Crippen LogP contribution in [0.25, 0.3) is 10.6 Å². The molecule has 0 bridgehead atoms. The van der Waals surface area contributed by atoms with Gasteiger partial charge in [-0.15, -0.1) is 11.3 Å². The predicted octanol–water partition coefficient (Wildman–Crippen LogP) is 2.04. The van der Waals surface area contributed by atoms with Crippen LogP contribution in [-0.2, 0) is 9.53 Å². The Morgan fingerprint density at radius 1 is 1.39 bits per heavy atom. The number of hydrogen-bond acceptors (Lipinski definition) is 5. The van der Waals surface area contributed by atoms with E-state index in [0.29, 0.717) is 6.61 Å². The van der Waals surface area contributed by atoms with Gasteiger partial charge >= 0.3 is 5.97 Å². The Hall–Kier alpha value is -2.25. The van der Waals surface area contributed by atoms with Gasteiger partial charge in [0.25, 0.3) is 5.91 Å². The second-order valence-corrected chi connectivity index (χ2v) is 6.14. The van der Waals surface area contributed by atoms with Crippen molar-refractivity contribution in [1.29, 1.82) is 0 Å². The minimum Gasteiger partial charge on any atom is -0.480 e. The van der Waals surface area contributed by atoms with Gasteiger partial charge in [-0.25, -0.2) is 9.78 Å². The zero-order valence-corrected chi connectivity index (χ0v) is 13.4. The topological polar surface area (TPSA) is 79.7 Å². The van der Waals surface area contributed by atoms with Gasteiger partial charge in [0.05, 0.1) is 13.2 Å². The first-order chi connectivity index (χ1) is 11.1. The van der Waals surface area contributed by atoms with Crippen LogP contribution in [0.5, 0.6) is 0 Å². The van der Waals surface area contributed by atoms with E-state index in [-0.39, 0.29) is 24.8 Å². The summed E-state index contributed by atoms with van der Waals surface area (Å²) in [5, 5.41) is 11.7. The molecule has 1 aliphatic rings. The van der Waals surface area contributed by atoms with E-state index in [1.54, 1.807) is 5.38 Å². The number of carboxylic acid groups (broad SMARTS) is 1. The fourth-order valence-corrected chi connectivity index (χ4v) is 3.39. The van der Waals surface area contributed by atoms with E-state index in [1.807, 2.05) is 31.2 Å². The number of carbonyl (C=O) groups is 2. The van der Waals surface area contributed by atoms with Gasteiger partial charge in [0.15, 0.2) is 6.04 Å². The number of rotatable bonds is 3. The SMILES string of the molecule is Cc1ccccc1-c1nc(C(=O)N2CCOC[C@@H]2C(=O)O)cs1. The molecule has 2 heterocycles. The molecule has 3 rings (SSSR count). The highest BCUT2D eigenvalue weighted by atomic mass is 32.1. The van der Waals surface area contributed by atoms with Gasteiger partial charge in [0.2, 0.25) is 0 Å². The number of ether oxygens (including phenoxy) is 1. The number of amides is 1. The van der Waals surface area contributed by atoms with E-state index < -0.39 is 12.0 Å². The number of morpholine rings is 1. The molecule has 120 valence electrons. The number of carbonyl (C=O) groups excluding carboxylic acids is 1. The normalized spacial score (nSPS) is 18.0. The summed E-state index contributed by atoms with van der Waals surface area (Å²) in [5.41, 5.74) is 2.34. The Balaban J connectivity index is 1.86. The van der Waals surface area contributed by atoms with E-state index in [0.717, 1.165) is 16.1 Å². The van der Waals surface area contributed by atoms with Crippen LogP contribution in [0.15, 0.2) is 29.6 Å². The molecule has 0 spiro atoms. The fraction of sp³-hybridized carbons (Fsp3) is 0.312. The van der Waals surface area contributed by atoms with Gasteiger partial charge in [0.1, 0.15) is 10.7 Å². The summed E-state index contributed by atoms with van der Waals surface area (Å²) in [6.45, 7) is 2.59. The molecule has 23 heavy (non-hydrogen) atoms. The zero-order chi connectivity index (χ0) is 16.4. The highest BCUT2D eigenvalue weighted by Gasteiger charge is 2.34. The van der Waals surface area contributed by atoms with Crippen molar-refractivity contribution in [2.45, 2.75) is 13.0 Å². The standard InChI is InChI=1S/C16H16N2O4S/c1-10-4-2-3-5-11(10)14-17-12(9-23-14)15(19)18-6-7-22-8-13(18)16(20)21/h2-5,9,13H,6-8H2,1H3,(H,20,21)/t13-/m1/s1. The highest BCUT2D eigenvalue weighted by molar-refractivity contribution is 7.13. The van der Waals surface area contributed by atoms with Gasteiger partial charge < -0.3 is 14.7 Å². The molecule has 1 fully saturated rings. The summed E-state index contributed by atoms with van der Waals surface area (Å²) in [4.78, 5) is 29.6. The average molecular weight is 332 g/mol. The summed E-state index contributed by atoms with van der Waals surface area (Å²) < 4.78 is 5.16. The van der Waals surface area contributed by atoms with Crippen LogP contribution in [-0.4, -0.2) is 52.7 Å². The first-order valence-corrected chi connectivity index (χ1v) is 8.09. The number of thiazole rings is 1. The maximum Gasteiger partial charge on any atom is 0.328 e. The molecule has 1 aliphatic heterocycles. The molecule has 0 saturated carbocycles. The minimum absolute atomic E-state index is 0.00978. The van der Waals surface area contributed by atoms with E-state index in [1.165, 1.54) is 16.2 Å². The first kappa shape index (κ1) is 15.6. The van der Waals surface area contributed by atoms with Crippen LogP contribution in [0.1, 0.15) is 16.1 Å². The van der Waals surface area contributed by atoms with Crippen molar-refractivity contribution < 1.29 is 19.4 Å². The van der Waals surface area contributed by atoms with Gasteiger partial charge in [-0.1, -0.05) is 24.3 Å². The Labute approximate surface area is 137 Å². The number of aryl methyl sites for hydroxylation is 1. The second-order valence-electron chi connectivity index (χ2n) is 5.28. The third kappa shape index (κ3) is 3.11. The number of hydrogen-bond donors (Lipinski definition) is 1. The van der Waals surface area contributed by atoms with Crippen LogP contribution in [0.4, 0.5) is 0 Å². The monoisotopic (exact) mass is 332 g/mol. The molecule has 1 atom stereocenters. The maximum atomic E-state index is 12.6. The Bertz CT molecular complexity index is 743. The third-order valence-electron chi connectivity index (χ3n) is 3.77. The lowest BCUT2D eigenvalue weighted by Gasteiger charge is -2.32. The molecule has 0 unspecified atom stereocenters. The van der Waals surface area contributed by atoms with E-state index in [2.05, 4.69) is 4.98 Å². The average Bonchev–Trinajstić information content (AvgIpc) is 3.04. The van der Waals surface area contributed by atoms with Crippen molar-refractivity contribution in [2.24, 2.45) is 0 Å². The molecular weight excluding hydrogens is 316 g/mol. The molecule has 1 aromatic carbocycles. The Morgan fingerprint density at radius 3 is 2.91 bits per heavy atom. The lowest BCUT2D eigenvalue weighted by molar-refractivity contribution is -0.147. The third-order valence-corrected chi connectivity index (χ3v) is 4.65. The van der Waals surface area contributed by atoms with Crippen molar-refractivity contribution in [1.82, 2.24) is 9.88 Å². The van der Waals surface area contributed by atoms with Crippen molar-refractivity contribution in [3.8, 4) is 10.6 Å². The van der Waals surface area contributed by atoms with E-state index in [9.17, 15) is 14.7 Å². The molecule has 0 aliphatic carbocycles. The second kappa shape index (κ2) is 6.47. The summed E-state index contributed by atoms with van der Waals surface area (Å²) in [7, 11) is 0. The number of aliphatic carboxylic acids is 1. The summed E-state index contributed by atoms with van der Waals surface area (Å²) in [6, 6.07) is 6.86. The van der Waals surface area contributed by atoms with Crippen LogP contribution in [0, 0.1) is 6.92 Å². The predicted molar refractivity (Wildman–Crippen MR) is 85.6 cm³/mol. The molecule has 6 nitrogen and oxygen atoms in total. The van der Waals surface area contributed by atoms with Gasteiger partial charge in [-0.05, 0) is 12.5 Å². The highest BCUT2D eigenvalue weighted by Crippen LogP contribution is 2.27. The molecule has 7 heteroatoms. The summed E-state index contributed by atoms with van der Waals surface area (Å²) in [6.07, 6.45) is 0. The minimum atomic E-state index is -1.06. The smallest absolute Gasteiger partial charge is 0.328 e.